The Labute approximate surface area is 55.3 Å². The van der Waals surface area contributed by atoms with Gasteiger partial charge in [0.05, 0.1) is 13.4 Å². The SMILES string of the molecule is C=C(N)/C=C\C=C/OC. The normalized spacial score (nSPS) is 10.8. The van der Waals surface area contributed by atoms with Crippen LogP contribution in [0, 0.1) is 0 Å². The molecule has 2 N–H and O–H groups in total. The van der Waals surface area contributed by atoms with Crippen LogP contribution in [-0.4, -0.2) is 7.11 Å². The van der Waals surface area contributed by atoms with Crippen molar-refractivity contribution in [1.29, 1.82) is 0 Å². The van der Waals surface area contributed by atoms with Crippen LogP contribution in [0.15, 0.2) is 36.8 Å². The van der Waals surface area contributed by atoms with Crippen molar-refractivity contribution in [3.8, 4) is 0 Å². The maximum Gasteiger partial charge on any atom is 0.0824 e. The molecule has 2 heteroatoms. The number of hydrogen-bond donors (Lipinski definition) is 1. The summed E-state index contributed by atoms with van der Waals surface area (Å²) in [6, 6.07) is 0. The minimum Gasteiger partial charge on any atom is -0.504 e. The van der Waals surface area contributed by atoms with Gasteiger partial charge in [0.15, 0.2) is 0 Å². The topological polar surface area (TPSA) is 35.2 Å². The quantitative estimate of drug-likeness (QED) is 0.454. The van der Waals surface area contributed by atoms with E-state index in [4.69, 9.17) is 5.73 Å². The lowest BCUT2D eigenvalue weighted by molar-refractivity contribution is 0.338. The smallest absolute Gasteiger partial charge is 0.0824 e. The minimum absolute atomic E-state index is 0.538. The zero-order valence-electron chi connectivity index (χ0n) is 5.50. The lowest BCUT2D eigenvalue weighted by Crippen LogP contribution is -1.87. The average Bonchev–Trinajstić information content (AvgIpc) is 1.80. The molecule has 0 heterocycles. The molecular weight excluding hydrogens is 114 g/mol. The third-order valence-electron chi connectivity index (χ3n) is 0.636. The van der Waals surface area contributed by atoms with Crippen LogP contribution in [0.2, 0.25) is 0 Å². The van der Waals surface area contributed by atoms with Crippen LogP contribution in [0.3, 0.4) is 0 Å². The highest BCUT2D eigenvalue weighted by Crippen LogP contribution is 1.82. The summed E-state index contributed by atoms with van der Waals surface area (Å²) in [6.45, 7) is 3.47. The summed E-state index contributed by atoms with van der Waals surface area (Å²) >= 11 is 0. The molecule has 0 aromatic carbocycles. The van der Waals surface area contributed by atoms with E-state index in [-0.39, 0.29) is 0 Å². The Morgan fingerprint density at radius 3 is 2.67 bits per heavy atom. The van der Waals surface area contributed by atoms with E-state index in [1.165, 1.54) is 0 Å². The van der Waals surface area contributed by atoms with Gasteiger partial charge >= 0.3 is 0 Å². The predicted molar refractivity (Wildman–Crippen MR) is 38.6 cm³/mol. The zero-order valence-corrected chi connectivity index (χ0v) is 5.50. The summed E-state index contributed by atoms with van der Waals surface area (Å²) < 4.78 is 4.62. The van der Waals surface area contributed by atoms with E-state index in [9.17, 15) is 0 Å². The van der Waals surface area contributed by atoms with Gasteiger partial charge in [0.1, 0.15) is 0 Å². The van der Waals surface area contributed by atoms with Crippen molar-refractivity contribution >= 4 is 0 Å². The molecule has 0 saturated carbocycles. The molecule has 0 fully saturated rings. The second-order valence-corrected chi connectivity index (χ2v) is 1.50. The fourth-order valence-corrected chi connectivity index (χ4v) is 0.303. The van der Waals surface area contributed by atoms with Gasteiger partial charge in [0.25, 0.3) is 0 Å². The summed E-state index contributed by atoms with van der Waals surface area (Å²) in [7, 11) is 1.58. The molecule has 9 heavy (non-hydrogen) atoms. The first kappa shape index (κ1) is 7.82. The average molecular weight is 125 g/mol. The largest absolute Gasteiger partial charge is 0.504 e. The van der Waals surface area contributed by atoms with Gasteiger partial charge in [-0.3, -0.25) is 0 Å². The van der Waals surface area contributed by atoms with Crippen molar-refractivity contribution < 1.29 is 4.74 Å². The predicted octanol–water partition coefficient (Wildman–Crippen LogP) is 1.18. The Bertz CT molecular complexity index is 136. The summed E-state index contributed by atoms with van der Waals surface area (Å²) in [6.07, 6.45) is 6.73. The lowest BCUT2D eigenvalue weighted by Gasteiger charge is -1.82. The minimum atomic E-state index is 0.538. The Morgan fingerprint density at radius 1 is 1.56 bits per heavy atom. The first-order chi connectivity index (χ1) is 4.27. The molecule has 0 amide bonds. The van der Waals surface area contributed by atoms with Gasteiger partial charge in [-0.15, -0.1) is 0 Å². The Hall–Kier alpha value is -1.18. The van der Waals surface area contributed by atoms with Gasteiger partial charge in [-0.2, -0.15) is 0 Å². The van der Waals surface area contributed by atoms with Crippen LogP contribution in [0.25, 0.3) is 0 Å². The molecular formula is C7H11NO. The Balaban J connectivity index is 3.47. The van der Waals surface area contributed by atoms with Gasteiger partial charge in [-0.05, 0) is 12.2 Å². The molecule has 0 rings (SSSR count). The highest BCUT2D eigenvalue weighted by Gasteiger charge is 1.68. The molecule has 0 aromatic heterocycles. The van der Waals surface area contributed by atoms with E-state index in [0.717, 1.165) is 0 Å². The van der Waals surface area contributed by atoms with E-state index in [0.29, 0.717) is 5.70 Å². The molecule has 0 bridgehead atoms. The van der Waals surface area contributed by atoms with Crippen molar-refractivity contribution in [2.45, 2.75) is 0 Å². The highest BCUT2D eigenvalue weighted by atomic mass is 16.5. The van der Waals surface area contributed by atoms with Crippen molar-refractivity contribution in [1.82, 2.24) is 0 Å². The van der Waals surface area contributed by atoms with Crippen LogP contribution < -0.4 is 5.73 Å². The van der Waals surface area contributed by atoms with Crippen molar-refractivity contribution in [2.24, 2.45) is 5.73 Å². The summed E-state index contributed by atoms with van der Waals surface area (Å²) in [5, 5.41) is 0. The Morgan fingerprint density at radius 2 is 2.22 bits per heavy atom. The van der Waals surface area contributed by atoms with E-state index in [1.54, 1.807) is 31.6 Å². The molecule has 2 nitrogen and oxygen atoms in total. The standard InChI is InChI=1S/C7H11NO/c1-7(8)5-3-4-6-9-2/h3-6H,1,8H2,2H3/b5-3-,6-4-. The van der Waals surface area contributed by atoms with E-state index in [2.05, 4.69) is 11.3 Å². The van der Waals surface area contributed by atoms with Gasteiger partial charge in [-0.25, -0.2) is 0 Å². The number of methoxy groups -OCH3 is 1. The molecule has 0 atom stereocenters. The second-order valence-electron chi connectivity index (χ2n) is 1.50. The van der Waals surface area contributed by atoms with Crippen molar-refractivity contribution in [3.63, 3.8) is 0 Å². The van der Waals surface area contributed by atoms with Crippen molar-refractivity contribution in [2.75, 3.05) is 7.11 Å². The third kappa shape index (κ3) is 6.82. The zero-order chi connectivity index (χ0) is 7.11. The first-order valence-corrected chi connectivity index (χ1v) is 2.57. The Kier molecular flexibility index (Phi) is 4.32. The maximum atomic E-state index is 5.22. The van der Waals surface area contributed by atoms with Crippen LogP contribution in [-0.2, 0) is 4.74 Å². The molecule has 0 aliphatic carbocycles. The molecule has 0 spiro atoms. The maximum absolute atomic E-state index is 5.22. The molecule has 50 valence electrons. The van der Waals surface area contributed by atoms with Crippen LogP contribution in [0.4, 0.5) is 0 Å². The molecule has 0 radical (unpaired) electrons. The van der Waals surface area contributed by atoms with Gasteiger partial charge in [0, 0.05) is 5.70 Å². The molecule has 0 aliphatic rings. The monoisotopic (exact) mass is 125 g/mol. The molecule has 0 saturated heterocycles. The summed E-state index contributed by atoms with van der Waals surface area (Å²) in [5.74, 6) is 0. The van der Waals surface area contributed by atoms with Gasteiger partial charge in [0.2, 0.25) is 0 Å². The number of rotatable bonds is 3. The van der Waals surface area contributed by atoms with Crippen molar-refractivity contribution in [3.05, 3.63) is 36.8 Å². The fourth-order valence-electron chi connectivity index (χ4n) is 0.303. The van der Waals surface area contributed by atoms with E-state index in [1.807, 2.05) is 0 Å². The van der Waals surface area contributed by atoms with Gasteiger partial charge < -0.3 is 10.5 Å². The molecule has 0 aliphatic heterocycles. The fraction of sp³-hybridized carbons (Fsp3) is 0.143. The van der Waals surface area contributed by atoms with Gasteiger partial charge in [-0.1, -0.05) is 12.7 Å². The van der Waals surface area contributed by atoms with E-state index >= 15 is 0 Å². The lowest BCUT2D eigenvalue weighted by atomic mass is 10.4. The second kappa shape index (κ2) is 4.97. The number of nitrogens with two attached hydrogens (primary N) is 1. The van der Waals surface area contributed by atoms with Crippen LogP contribution in [0.1, 0.15) is 0 Å². The van der Waals surface area contributed by atoms with E-state index < -0.39 is 0 Å². The first-order valence-electron chi connectivity index (χ1n) is 2.57. The summed E-state index contributed by atoms with van der Waals surface area (Å²) in [5.41, 5.74) is 5.76. The number of allylic oxidation sites excluding steroid dienone is 3. The third-order valence-corrected chi connectivity index (χ3v) is 0.636. The molecule has 0 unspecified atom stereocenters. The van der Waals surface area contributed by atoms with Crippen LogP contribution >= 0.6 is 0 Å². The number of ether oxygens (including phenoxy) is 1. The highest BCUT2D eigenvalue weighted by molar-refractivity contribution is 5.14. The molecule has 0 aromatic rings. The number of hydrogen-bond acceptors (Lipinski definition) is 2. The van der Waals surface area contributed by atoms with Crippen LogP contribution in [0.5, 0.6) is 0 Å². The summed E-state index contributed by atoms with van der Waals surface area (Å²) in [4.78, 5) is 0.